The van der Waals surface area contributed by atoms with Gasteiger partial charge >= 0.3 is 0 Å². The molecule has 0 aromatic heterocycles. The average molecular weight is 275 g/mol. The van der Waals surface area contributed by atoms with E-state index in [1.54, 1.807) is 24.3 Å². The molecular formula is C16H15F2NO. The first-order valence-corrected chi connectivity index (χ1v) is 6.47. The summed E-state index contributed by atoms with van der Waals surface area (Å²) in [7, 11) is 1.42. The van der Waals surface area contributed by atoms with Gasteiger partial charge in [-0.2, -0.15) is 0 Å². The van der Waals surface area contributed by atoms with E-state index in [2.05, 4.69) is 0 Å². The molecule has 1 atom stereocenters. The number of ether oxygens (including phenoxy) is 1. The molecule has 0 aliphatic heterocycles. The Balaban J connectivity index is 2.17. The minimum absolute atomic E-state index is 0.169. The van der Waals surface area contributed by atoms with Gasteiger partial charge < -0.3 is 10.5 Å². The Labute approximate surface area is 116 Å². The normalized spacial score (nSPS) is 20.8. The lowest BCUT2D eigenvalue weighted by atomic mass is 9.84. The van der Waals surface area contributed by atoms with E-state index in [0.717, 1.165) is 11.1 Å². The molecule has 4 heteroatoms. The molecule has 2 aromatic rings. The summed E-state index contributed by atoms with van der Waals surface area (Å²) in [5, 5.41) is 0. The van der Waals surface area contributed by atoms with Gasteiger partial charge in [0, 0.05) is 5.56 Å². The molecule has 1 aliphatic carbocycles. The number of benzene rings is 2. The monoisotopic (exact) mass is 275 g/mol. The highest BCUT2D eigenvalue weighted by Gasteiger charge is 2.39. The van der Waals surface area contributed by atoms with Gasteiger partial charge in [0.1, 0.15) is 5.82 Å². The Morgan fingerprint density at radius 2 is 1.95 bits per heavy atom. The van der Waals surface area contributed by atoms with Gasteiger partial charge in [-0.3, -0.25) is 0 Å². The second kappa shape index (κ2) is 4.56. The minimum atomic E-state index is -0.929. The fourth-order valence-electron chi connectivity index (χ4n) is 2.96. The first kappa shape index (κ1) is 13.1. The highest BCUT2D eigenvalue weighted by molar-refractivity contribution is 5.49. The number of hydrogen-bond acceptors (Lipinski definition) is 2. The molecule has 0 saturated heterocycles. The number of rotatable bonds is 2. The van der Waals surface area contributed by atoms with Crippen LogP contribution in [-0.4, -0.2) is 7.11 Å². The van der Waals surface area contributed by atoms with Crippen LogP contribution < -0.4 is 10.5 Å². The van der Waals surface area contributed by atoms with Crippen LogP contribution in [0.4, 0.5) is 8.78 Å². The quantitative estimate of drug-likeness (QED) is 0.914. The van der Waals surface area contributed by atoms with Crippen molar-refractivity contribution in [2.45, 2.75) is 18.4 Å². The third-order valence-electron chi connectivity index (χ3n) is 4.00. The van der Waals surface area contributed by atoms with E-state index in [0.29, 0.717) is 18.4 Å². The molecule has 0 spiro atoms. The second-order valence-corrected chi connectivity index (χ2v) is 5.09. The Morgan fingerprint density at radius 1 is 1.15 bits per heavy atom. The number of halogens is 2. The topological polar surface area (TPSA) is 35.2 Å². The molecule has 0 radical (unpaired) electrons. The van der Waals surface area contributed by atoms with E-state index in [1.807, 2.05) is 0 Å². The van der Waals surface area contributed by atoms with E-state index in [9.17, 15) is 8.78 Å². The predicted molar refractivity (Wildman–Crippen MR) is 72.6 cm³/mol. The van der Waals surface area contributed by atoms with Gasteiger partial charge in [0.25, 0.3) is 0 Å². The van der Waals surface area contributed by atoms with Crippen LogP contribution in [0.15, 0.2) is 36.4 Å². The lowest BCUT2D eigenvalue weighted by Gasteiger charge is -2.27. The maximum absolute atomic E-state index is 14.5. The lowest BCUT2D eigenvalue weighted by Crippen LogP contribution is -2.36. The summed E-state index contributed by atoms with van der Waals surface area (Å²) in [4.78, 5) is 0. The fraction of sp³-hybridized carbons (Fsp3) is 0.250. The molecule has 2 nitrogen and oxygen atoms in total. The van der Waals surface area contributed by atoms with Gasteiger partial charge in [-0.1, -0.05) is 18.2 Å². The third-order valence-corrected chi connectivity index (χ3v) is 4.00. The fourth-order valence-corrected chi connectivity index (χ4v) is 2.96. The van der Waals surface area contributed by atoms with E-state index >= 15 is 0 Å². The largest absolute Gasteiger partial charge is 0.494 e. The number of aryl methyl sites for hydroxylation is 1. The lowest BCUT2D eigenvalue weighted by molar-refractivity contribution is 0.376. The van der Waals surface area contributed by atoms with Gasteiger partial charge in [-0.05, 0) is 42.2 Å². The maximum Gasteiger partial charge on any atom is 0.170 e. The molecule has 2 aromatic carbocycles. The highest BCUT2D eigenvalue weighted by Crippen LogP contribution is 2.42. The van der Waals surface area contributed by atoms with Crippen molar-refractivity contribution in [1.82, 2.24) is 0 Å². The molecular weight excluding hydrogens is 260 g/mol. The second-order valence-electron chi connectivity index (χ2n) is 5.09. The SMILES string of the molecule is COc1cccc(C2(N)CCc3cc(F)ccc32)c1F. The van der Waals surface area contributed by atoms with Crippen LogP contribution in [-0.2, 0) is 12.0 Å². The first-order valence-electron chi connectivity index (χ1n) is 6.47. The smallest absolute Gasteiger partial charge is 0.170 e. The van der Waals surface area contributed by atoms with Crippen molar-refractivity contribution in [2.24, 2.45) is 5.73 Å². The van der Waals surface area contributed by atoms with E-state index in [1.165, 1.54) is 19.2 Å². The molecule has 0 heterocycles. The minimum Gasteiger partial charge on any atom is -0.494 e. The van der Waals surface area contributed by atoms with Crippen molar-refractivity contribution in [1.29, 1.82) is 0 Å². The van der Waals surface area contributed by atoms with Crippen LogP contribution in [0, 0.1) is 11.6 Å². The van der Waals surface area contributed by atoms with Crippen molar-refractivity contribution >= 4 is 0 Å². The Bertz CT molecular complexity index is 672. The van der Waals surface area contributed by atoms with Gasteiger partial charge in [0.05, 0.1) is 12.6 Å². The zero-order chi connectivity index (χ0) is 14.3. The van der Waals surface area contributed by atoms with Crippen LogP contribution in [0.2, 0.25) is 0 Å². The summed E-state index contributed by atoms with van der Waals surface area (Å²) in [6.45, 7) is 0. The molecule has 3 rings (SSSR count). The van der Waals surface area contributed by atoms with E-state index in [4.69, 9.17) is 10.5 Å². The molecule has 0 fully saturated rings. The average Bonchev–Trinajstić information content (AvgIpc) is 2.77. The van der Waals surface area contributed by atoms with Crippen LogP contribution >= 0.6 is 0 Å². The number of hydrogen-bond donors (Lipinski definition) is 1. The van der Waals surface area contributed by atoms with Crippen molar-refractivity contribution < 1.29 is 13.5 Å². The molecule has 1 unspecified atom stereocenters. The van der Waals surface area contributed by atoms with Crippen LogP contribution in [0.25, 0.3) is 0 Å². The predicted octanol–water partition coefficient (Wildman–Crippen LogP) is 3.12. The van der Waals surface area contributed by atoms with Crippen molar-refractivity contribution in [3.8, 4) is 5.75 Å². The molecule has 20 heavy (non-hydrogen) atoms. The Hall–Kier alpha value is -1.94. The zero-order valence-electron chi connectivity index (χ0n) is 11.1. The molecule has 1 aliphatic rings. The highest BCUT2D eigenvalue weighted by atomic mass is 19.1. The Morgan fingerprint density at radius 3 is 2.70 bits per heavy atom. The number of nitrogens with two attached hydrogens (primary N) is 1. The van der Waals surface area contributed by atoms with Gasteiger partial charge in [-0.25, -0.2) is 8.78 Å². The van der Waals surface area contributed by atoms with E-state index < -0.39 is 11.4 Å². The van der Waals surface area contributed by atoms with Gasteiger partial charge in [-0.15, -0.1) is 0 Å². The summed E-state index contributed by atoms with van der Waals surface area (Å²) < 4.78 is 32.8. The maximum atomic E-state index is 14.5. The third kappa shape index (κ3) is 1.79. The summed E-state index contributed by atoms with van der Waals surface area (Å²) in [6, 6.07) is 9.43. The first-order chi connectivity index (χ1) is 9.56. The summed E-state index contributed by atoms with van der Waals surface area (Å²) in [6.07, 6.45) is 1.19. The molecule has 0 bridgehead atoms. The number of fused-ring (bicyclic) bond motifs is 1. The van der Waals surface area contributed by atoms with Crippen molar-refractivity contribution in [3.05, 3.63) is 64.7 Å². The van der Waals surface area contributed by atoms with Crippen LogP contribution in [0.5, 0.6) is 5.75 Å². The summed E-state index contributed by atoms with van der Waals surface area (Å²) in [5.74, 6) is -0.573. The molecule has 104 valence electrons. The van der Waals surface area contributed by atoms with Crippen molar-refractivity contribution in [2.75, 3.05) is 7.11 Å². The molecule has 0 amide bonds. The van der Waals surface area contributed by atoms with Crippen LogP contribution in [0.1, 0.15) is 23.1 Å². The Kier molecular flexibility index (Phi) is 2.98. The zero-order valence-corrected chi connectivity index (χ0v) is 11.1. The molecule has 2 N–H and O–H groups in total. The van der Waals surface area contributed by atoms with Crippen LogP contribution in [0.3, 0.4) is 0 Å². The standard InChI is InChI=1S/C16H15F2NO/c1-20-14-4-2-3-13(15(14)18)16(19)8-7-10-9-11(17)5-6-12(10)16/h2-6,9H,7-8,19H2,1H3. The summed E-state index contributed by atoms with van der Waals surface area (Å²) in [5.41, 5.74) is 7.54. The summed E-state index contributed by atoms with van der Waals surface area (Å²) >= 11 is 0. The van der Waals surface area contributed by atoms with Gasteiger partial charge in [0.2, 0.25) is 0 Å². The van der Waals surface area contributed by atoms with Crippen molar-refractivity contribution in [3.63, 3.8) is 0 Å². The number of methoxy groups -OCH3 is 1. The van der Waals surface area contributed by atoms with E-state index in [-0.39, 0.29) is 11.6 Å². The molecule has 0 saturated carbocycles. The van der Waals surface area contributed by atoms with Gasteiger partial charge in [0.15, 0.2) is 11.6 Å².